The van der Waals surface area contributed by atoms with Gasteiger partial charge in [-0.25, -0.2) is 14.6 Å². The first-order chi connectivity index (χ1) is 15.0. The molecular weight excluding hydrogens is 408 g/mol. The Morgan fingerprint density at radius 3 is 2.32 bits per heavy atom. The topological polar surface area (TPSA) is 85.6 Å². The molecule has 8 heteroatoms. The minimum Gasteiger partial charge on any atom is -0.321 e. The average Bonchev–Trinajstić information content (AvgIpc) is 3.17. The third-order valence-corrected chi connectivity index (χ3v) is 5.50. The highest BCUT2D eigenvalue weighted by atomic mass is 32.2. The number of rotatable bonds is 6. The molecule has 0 unspecified atom stereocenters. The monoisotopic (exact) mass is 430 g/mol. The highest BCUT2D eigenvalue weighted by molar-refractivity contribution is 7.98. The van der Waals surface area contributed by atoms with Gasteiger partial charge in [0.25, 0.3) is 5.91 Å². The van der Waals surface area contributed by atoms with Gasteiger partial charge in [-0.1, -0.05) is 40.7 Å². The van der Waals surface area contributed by atoms with E-state index < -0.39 is 0 Å². The van der Waals surface area contributed by atoms with Crippen LogP contribution in [0.3, 0.4) is 0 Å². The van der Waals surface area contributed by atoms with Gasteiger partial charge in [-0.2, -0.15) is 0 Å². The first-order valence-electron chi connectivity index (χ1n) is 9.80. The van der Waals surface area contributed by atoms with E-state index in [0.717, 1.165) is 28.1 Å². The molecule has 0 fully saturated rings. The van der Waals surface area contributed by atoms with E-state index in [2.05, 4.69) is 31.7 Å². The summed E-state index contributed by atoms with van der Waals surface area (Å²) in [5, 5.41) is 12.1. The Labute approximate surface area is 184 Å². The van der Waals surface area contributed by atoms with Gasteiger partial charge in [0.2, 0.25) is 0 Å². The smallest absolute Gasteiger partial charge is 0.278 e. The molecule has 0 saturated heterocycles. The van der Waals surface area contributed by atoms with E-state index in [1.165, 1.54) is 11.8 Å². The molecule has 4 aromatic rings. The van der Waals surface area contributed by atoms with Crippen LogP contribution in [0, 0.1) is 20.8 Å². The van der Waals surface area contributed by atoms with Crippen LogP contribution in [0.4, 0.5) is 5.69 Å². The van der Waals surface area contributed by atoms with Crippen molar-refractivity contribution in [3.8, 4) is 5.69 Å². The van der Waals surface area contributed by atoms with E-state index in [0.29, 0.717) is 16.6 Å². The first kappa shape index (κ1) is 20.7. The van der Waals surface area contributed by atoms with Gasteiger partial charge in [-0.15, -0.1) is 5.10 Å². The van der Waals surface area contributed by atoms with Crippen LogP contribution in [0.5, 0.6) is 0 Å². The van der Waals surface area contributed by atoms with E-state index in [9.17, 15) is 4.79 Å². The van der Waals surface area contributed by atoms with Crippen LogP contribution in [-0.4, -0.2) is 30.9 Å². The molecule has 31 heavy (non-hydrogen) atoms. The van der Waals surface area contributed by atoms with Gasteiger partial charge >= 0.3 is 0 Å². The molecule has 2 aromatic heterocycles. The van der Waals surface area contributed by atoms with E-state index >= 15 is 0 Å². The van der Waals surface area contributed by atoms with Crippen LogP contribution in [0.2, 0.25) is 0 Å². The minimum atomic E-state index is -0.298. The predicted molar refractivity (Wildman–Crippen MR) is 122 cm³/mol. The number of carbonyl (C=O) groups excluding carboxylic acids is 1. The number of amides is 1. The predicted octanol–water partition coefficient (Wildman–Crippen LogP) is 4.53. The van der Waals surface area contributed by atoms with Crippen LogP contribution in [0.1, 0.15) is 32.9 Å². The Morgan fingerprint density at radius 2 is 1.65 bits per heavy atom. The van der Waals surface area contributed by atoms with Crippen LogP contribution in [0.25, 0.3) is 5.69 Å². The van der Waals surface area contributed by atoms with Crippen molar-refractivity contribution in [2.45, 2.75) is 31.7 Å². The second kappa shape index (κ2) is 9.09. The fourth-order valence-electron chi connectivity index (χ4n) is 3.23. The molecule has 0 aliphatic rings. The number of aromatic nitrogens is 5. The van der Waals surface area contributed by atoms with Gasteiger partial charge in [0.15, 0.2) is 10.9 Å². The lowest BCUT2D eigenvalue weighted by Gasteiger charge is -2.09. The van der Waals surface area contributed by atoms with Crippen molar-refractivity contribution < 1.29 is 4.79 Å². The van der Waals surface area contributed by atoms with Crippen molar-refractivity contribution in [3.05, 3.63) is 89.0 Å². The number of benzene rings is 2. The van der Waals surface area contributed by atoms with Crippen LogP contribution < -0.4 is 5.32 Å². The normalized spacial score (nSPS) is 10.8. The fraction of sp³-hybridized carbons (Fsp3) is 0.174. The molecule has 1 amide bonds. The van der Waals surface area contributed by atoms with Crippen LogP contribution >= 0.6 is 11.8 Å². The highest BCUT2D eigenvalue weighted by Crippen LogP contribution is 2.24. The summed E-state index contributed by atoms with van der Waals surface area (Å²) in [4.78, 5) is 21.6. The molecule has 7 nitrogen and oxygen atoms in total. The molecule has 1 N–H and O–H groups in total. The van der Waals surface area contributed by atoms with Gasteiger partial charge < -0.3 is 5.32 Å². The molecule has 0 bridgehead atoms. The second-order valence-electron chi connectivity index (χ2n) is 7.28. The number of thioether (sulfide) groups is 1. The number of nitrogens with zero attached hydrogens (tertiary/aromatic N) is 5. The molecule has 0 radical (unpaired) electrons. The summed E-state index contributed by atoms with van der Waals surface area (Å²) in [6.45, 7) is 6.02. The number of aryl methyl sites for hydroxylation is 3. The van der Waals surface area contributed by atoms with Gasteiger partial charge in [-0.3, -0.25) is 4.79 Å². The minimum absolute atomic E-state index is 0.281. The highest BCUT2D eigenvalue weighted by Gasteiger charge is 2.21. The van der Waals surface area contributed by atoms with Crippen molar-refractivity contribution in [3.63, 3.8) is 0 Å². The summed E-state index contributed by atoms with van der Waals surface area (Å²) >= 11 is 1.43. The maximum atomic E-state index is 13.1. The van der Waals surface area contributed by atoms with Gasteiger partial charge in [0, 0.05) is 23.8 Å². The van der Waals surface area contributed by atoms with Crippen molar-refractivity contribution in [1.29, 1.82) is 0 Å². The van der Waals surface area contributed by atoms with Crippen molar-refractivity contribution in [2.75, 3.05) is 5.32 Å². The second-order valence-corrected chi connectivity index (χ2v) is 8.23. The first-order valence-corrected chi connectivity index (χ1v) is 10.8. The summed E-state index contributed by atoms with van der Waals surface area (Å²) in [5.74, 6) is 0.147. The maximum Gasteiger partial charge on any atom is 0.278 e. The summed E-state index contributed by atoms with van der Waals surface area (Å²) in [6, 6.07) is 15.6. The number of anilines is 1. The largest absolute Gasteiger partial charge is 0.321 e. The van der Waals surface area contributed by atoms with Crippen molar-refractivity contribution in [1.82, 2.24) is 25.0 Å². The molecular formula is C23H22N6OS. The molecule has 0 atom stereocenters. The third kappa shape index (κ3) is 4.97. The van der Waals surface area contributed by atoms with Crippen molar-refractivity contribution >= 4 is 23.4 Å². The molecule has 0 spiro atoms. The van der Waals surface area contributed by atoms with Gasteiger partial charge in [0.05, 0.1) is 11.4 Å². The lowest BCUT2D eigenvalue weighted by atomic mass is 10.1. The summed E-state index contributed by atoms with van der Waals surface area (Å²) in [7, 11) is 0. The molecule has 0 saturated carbocycles. The summed E-state index contributed by atoms with van der Waals surface area (Å²) in [5.41, 5.74) is 5.84. The number of hydrogen-bond acceptors (Lipinski definition) is 6. The Bertz CT molecular complexity index is 1180. The van der Waals surface area contributed by atoms with E-state index in [1.807, 2.05) is 57.2 Å². The van der Waals surface area contributed by atoms with E-state index in [1.54, 1.807) is 23.1 Å². The van der Waals surface area contributed by atoms with Crippen LogP contribution in [-0.2, 0) is 5.75 Å². The standard InChI is InChI=1S/C23H22N6OS/c1-15-5-7-19(8-6-15)29-20(14-31-23-24-9-4-10-25-23)21(27-28-29)22(30)26-18-12-16(2)11-17(3)13-18/h4-13H,14H2,1-3H3,(H,26,30). The van der Waals surface area contributed by atoms with Gasteiger partial charge in [0.1, 0.15) is 0 Å². The Hall–Kier alpha value is -3.52. The average molecular weight is 431 g/mol. The molecule has 2 heterocycles. The Balaban J connectivity index is 1.67. The van der Waals surface area contributed by atoms with Crippen molar-refractivity contribution in [2.24, 2.45) is 0 Å². The lowest BCUT2D eigenvalue weighted by Crippen LogP contribution is -2.15. The van der Waals surface area contributed by atoms with E-state index in [-0.39, 0.29) is 11.6 Å². The van der Waals surface area contributed by atoms with Gasteiger partial charge in [-0.05, 0) is 62.2 Å². The number of carbonyl (C=O) groups is 1. The third-order valence-electron chi connectivity index (χ3n) is 4.62. The molecule has 156 valence electrons. The van der Waals surface area contributed by atoms with Crippen LogP contribution in [0.15, 0.2) is 66.1 Å². The molecule has 0 aliphatic carbocycles. The quantitative estimate of drug-likeness (QED) is 0.357. The molecule has 0 aliphatic heterocycles. The Morgan fingerprint density at radius 1 is 0.968 bits per heavy atom. The maximum absolute atomic E-state index is 13.1. The fourth-order valence-corrected chi connectivity index (χ4v) is 4.03. The molecule has 4 rings (SSSR count). The van der Waals surface area contributed by atoms with E-state index in [4.69, 9.17) is 0 Å². The number of nitrogens with one attached hydrogen (secondary N) is 1. The zero-order chi connectivity index (χ0) is 21.8. The molecule has 2 aromatic carbocycles. The zero-order valence-corrected chi connectivity index (χ0v) is 18.3. The lowest BCUT2D eigenvalue weighted by molar-refractivity contribution is 0.102. The Kier molecular flexibility index (Phi) is 6.08. The summed E-state index contributed by atoms with van der Waals surface area (Å²) < 4.78 is 1.70. The SMILES string of the molecule is Cc1ccc(-n2nnc(C(=O)Nc3cc(C)cc(C)c3)c2CSc2ncccn2)cc1. The zero-order valence-electron chi connectivity index (χ0n) is 17.5. The number of hydrogen-bond donors (Lipinski definition) is 1. The summed E-state index contributed by atoms with van der Waals surface area (Å²) in [6.07, 6.45) is 3.39.